The first kappa shape index (κ1) is 28.0. The first-order valence-electron chi connectivity index (χ1n) is 12.3. The summed E-state index contributed by atoms with van der Waals surface area (Å²) in [5, 5.41) is 19.2. The predicted octanol–water partition coefficient (Wildman–Crippen LogP) is 5.57. The molecule has 0 saturated heterocycles. The van der Waals surface area contributed by atoms with Crippen molar-refractivity contribution < 1.29 is 38.4 Å². The lowest BCUT2D eigenvalue weighted by molar-refractivity contribution is -0.142. The summed E-state index contributed by atoms with van der Waals surface area (Å²) in [7, 11) is 0. The Hall–Kier alpha value is -3.99. The van der Waals surface area contributed by atoms with Gasteiger partial charge in [0.05, 0.1) is 6.61 Å². The largest absolute Gasteiger partial charge is 0.508 e. The van der Waals surface area contributed by atoms with E-state index in [1.165, 1.54) is 35.6 Å². The van der Waals surface area contributed by atoms with Gasteiger partial charge in [0.15, 0.2) is 5.75 Å². The quantitative estimate of drug-likeness (QED) is 0.154. The van der Waals surface area contributed by atoms with Crippen molar-refractivity contribution in [3.63, 3.8) is 0 Å². The Morgan fingerprint density at radius 1 is 0.974 bits per heavy atom. The van der Waals surface area contributed by atoms with E-state index in [1.54, 1.807) is 42.5 Å². The molecule has 2 N–H and O–H groups in total. The number of nitrogens with zero attached hydrogens (tertiary/aromatic N) is 1. The van der Waals surface area contributed by atoms with Gasteiger partial charge in [-0.2, -0.15) is 0 Å². The van der Waals surface area contributed by atoms with Crippen LogP contribution in [0.4, 0.5) is 4.39 Å². The van der Waals surface area contributed by atoms with Crippen LogP contribution in [0.5, 0.6) is 23.0 Å². The second-order valence-electron chi connectivity index (χ2n) is 8.58. The van der Waals surface area contributed by atoms with Gasteiger partial charge in [-0.25, -0.2) is 9.18 Å². The van der Waals surface area contributed by atoms with Gasteiger partial charge in [0.25, 0.3) is 0 Å². The first-order chi connectivity index (χ1) is 18.8. The number of aromatic hydroxyl groups is 1. The Labute approximate surface area is 228 Å². The highest BCUT2D eigenvalue weighted by Gasteiger charge is 2.22. The molecule has 0 radical (unpaired) electrons. The van der Waals surface area contributed by atoms with Crippen LogP contribution in [-0.2, 0) is 9.53 Å². The van der Waals surface area contributed by atoms with E-state index in [9.17, 15) is 19.1 Å². The van der Waals surface area contributed by atoms with Gasteiger partial charge in [-0.05, 0) is 61.1 Å². The lowest BCUT2D eigenvalue weighted by Gasteiger charge is -2.20. The molecule has 8 nitrogen and oxygen atoms in total. The van der Waals surface area contributed by atoms with Gasteiger partial charge in [0, 0.05) is 28.7 Å². The molecular formula is C29H28FNO7S. The van der Waals surface area contributed by atoms with Gasteiger partial charge in [-0.15, -0.1) is 11.3 Å². The minimum Gasteiger partial charge on any atom is -0.508 e. The van der Waals surface area contributed by atoms with Gasteiger partial charge in [-0.3, -0.25) is 9.69 Å². The Bertz CT molecular complexity index is 1440. The number of aliphatic carboxylic acids is 1. The standard InChI is InChI=1S/C29H28FNO7S/c1-2-31(12-14-36-18-26(33)34)13-15-37-22-7-9-23(10-8-22)38-28-24-11-6-21(32)17-25(24)39-29(28)27(35)19-4-3-5-20(30)16-19/h3-11,16-17,32H,2,12-15,18H2,1H3,(H,33,34). The van der Waals surface area contributed by atoms with Gasteiger partial charge in [0.2, 0.25) is 5.78 Å². The second kappa shape index (κ2) is 13.2. The molecular weight excluding hydrogens is 525 g/mol. The molecule has 0 saturated carbocycles. The lowest BCUT2D eigenvalue weighted by atomic mass is 10.1. The highest BCUT2D eigenvalue weighted by molar-refractivity contribution is 7.21. The van der Waals surface area contributed by atoms with Crippen molar-refractivity contribution in [2.24, 2.45) is 0 Å². The molecule has 4 rings (SSSR count). The fourth-order valence-corrected chi connectivity index (χ4v) is 4.99. The predicted molar refractivity (Wildman–Crippen MR) is 146 cm³/mol. The van der Waals surface area contributed by atoms with Crippen molar-refractivity contribution in [3.8, 4) is 23.0 Å². The molecule has 0 aliphatic rings. The summed E-state index contributed by atoms with van der Waals surface area (Å²) in [6.07, 6.45) is 0. The monoisotopic (exact) mass is 553 g/mol. The van der Waals surface area contributed by atoms with E-state index in [-0.39, 0.29) is 23.7 Å². The van der Waals surface area contributed by atoms with Crippen molar-refractivity contribution in [2.75, 3.05) is 39.5 Å². The molecule has 4 aromatic rings. The van der Waals surface area contributed by atoms with Gasteiger partial charge >= 0.3 is 5.97 Å². The fraction of sp³-hybridized carbons (Fsp3) is 0.241. The minimum absolute atomic E-state index is 0.0657. The summed E-state index contributed by atoms with van der Waals surface area (Å²) in [6.45, 7) is 4.46. The third kappa shape index (κ3) is 7.53. The maximum absolute atomic E-state index is 13.8. The molecule has 0 aliphatic carbocycles. The SMILES string of the molecule is CCN(CCOCC(=O)O)CCOc1ccc(Oc2c(C(=O)c3cccc(F)c3)sc3cc(O)ccc23)cc1. The fourth-order valence-electron chi connectivity index (χ4n) is 3.87. The van der Waals surface area contributed by atoms with Crippen LogP contribution < -0.4 is 9.47 Å². The molecule has 1 aromatic heterocycles. The van der Waals surface area contributed by atoms with Gasteiger partial charge in [0.1, 0.15) is 41.2 Å². The number of phenolic OH excluding ortho intramolecular Hbond substituents is 1. The number of hydrogen-bond donors (Lipinski definition) is 2. The zero-order chi connectivity index (χ0) is 27.8. The van der Waals surface area contributed by atoms with Crippen LogP contribution in [0.3, 0.4) is 0 Å². The number of likely N-dealkylation sites (N-methyl/N-ethyl adjacent to an activating group) is 1. The number of thiophene rings is 1. The number of ketones is 1. The molecule has 0 spiro atoms. The number of phenols is 1. The summed E-state index contributed by atoms with van der Waals surface area (Å²) in [5.74, 6) is -0.358. The molecule has 10 heteroatoms. The minimum atomic E-state index is -0.991. The van der Waals surface area contributed by atoms with E-state index in [2.05, 4.69) is 4.90 Å². The van der Waals surface area contributed by atoms with Crippen molar-refractivity contribution >= 4 is 33.2 Å². The van der Waals surface area contributed by atoms with E-state index in [0.717, 1.165) is 6.54 Å². The topological polar surface area (TPSA) is 106 Å². The maximum Gasteiger partial charge on any atom is 0.329 e. The van der Waals surface area contributed by atoms with E-state index >= 15 is 0 Å². The summed E-state index contributed by atoms with van der Waals surface area (Å²) >= 11 is 1.17. The number of rotatable bonds is 14. The van der Waals surface area contributed by atoms with Gasteiger partial charge in [-0.1, -0.05) is 19.1 Å². The van der Waals surface area contributed by atoms with Crippen LogP contribution in [0, 0.1) is 5.82 Å². The van der Waals surface area contributed by atoms with Crippen LogP contribution in [-0.4, -0.2) is 66.3 Å². The van der Waals surface area contributed by atoms with Crippen LogP contribution in [0.25, 0.3) is 10.1 Å². The van der Waals surface area contributed by atoms with E-state index in [1.807, 2.05) is 6.92 Å². The molecule has 0 atom stereocenters. The number of carbonyl (C=O) groups is 2. The third-order valence-electron chi connectivity index (χ3n) is 5.87. The van der Waals surface area contributed by atoms with Crippen LogP contribution in [0.15, 0.2) is 66.7 Å². The highest BCUT2D eigenvalue weighted by Crippen LogP contribution is 2.42. The lowest BCUT2D eigenvalue weighted by Crippen LogP contribution is -2.32. The average Bonchev–Trinajstić information content (AvgIpc) is 3.27. The molecule has 3 aromatic carbocycles. The number of halogens is 1. The van der Waals surface area contributed by atoms with Crippen molar-refractivity contribution in [1.82, 2.24) is 4.90 Å². The Morgan fingerprint density at radius 3 is 2.44 bits per heavy atom. The Kier molecular flexibility index (Phi) is 9.48. The molecule has 0 amide bonds. The van der Waals surface area contributed by atoms with Crippen LogP contribution in [0.1, 0.15) is 22.2 Å². The Morgan fingerprint density at radius 2 is 1.72 bits per heavy atom. The zero-order valence-corrected chi connectivity index (χ0v) is 22.1. The highest BCUT2D eigenvalue weighted by atomic mass is 32.1. The second-order valence-corrected chi connectivity index (χ2v) is 9.63. The van der Waals surface area contributed by atoms with Crippen molar-refractivity contribution in [3.05, 3.63) is 83.0 Å². The van der Waals surface area contributed by atoms with E-state index in [4.69, 9.17) is 19.3 Å². The maximum atomic E-state index is 13.8. The molecule has 0 unspecified atom stereocenters. The number of hydrogen-bond acceptors (Lipinski definition) is 8. The Balaban J connectivity index is 1.43. The summed E-state index contributed by atoms with van der Waals surface area (Å²) in [4.78, 5) is 26.2. The molecule has 0 aliphatic heterocycles. The number of benzene rings is 3. The summed E-state index contributed by atoms with van der Waals surface area (Å²) < 4.78 is 31.5. The third-order valence-corrected chi connectivity index (χ3v) is 7.00. The zero-order valence-electron chi connectivity index (χ0n) is 21.3. The van der Waals surface area contributed by atoms with E-state index < -0.39 is 11.8 Å². The molecule has 0 bridgehead atoms. The van der Waals surface area contributed by atoms with E-state index in [0.29, 0.717) is 58.5 Å². The molecule has 1 heterocycles. The molecule has 0 fully saturated rings. The molecule has 204 valence electrons. The number of carboxylic acid groups (broad SMARTS) is 1. The van der Waals surface area contributed by atoms with Crippen molar-refractivity contribution in [2.45, 2.75) is 6.92 Å². The number of carbonyl (C=O) groups excluding carboxylic acids is 1. The van der Waals surface area contributed by atoms with Crippen LogP contribution >= 0.6 is 11.3 Å². The summed E-state index contributed by atoms with van der Waals surface area (Å²) in [6, 6.07) is 17.2. The first-order valence-corrected chi connectivity index (χ1v) is 13.1. The van der Waals surface area contributed by atoms with Gasteiger partial charge < -0.3 is 24.4 Å². The van der Waals surface area contributed by atoms with Crippen LogP contribution in [0.2, 0.25) is 0 Å². The van der Waals surface area contributed by atoms with Crippen molar-refractivity contribution in [1.29, 1.82) is 0 Å². The normalized spacial score (nSPS) is 11.2. The average molecular weight is 554 g/mol. The number of carboxylic acids is 1. The molecule has 39 heavy (non-hydrogen) atoms. The summed E-state index contributed by atoms with van der Waals surface area (Å²) in [5.41, 5.74) is 0.203. The number of ether oxygens (including phenoxy) is 3. The smallest absolute Gasteiger partial charge is 0.329 e. The number of fused-ring (bicyclic) bond motifs is 1.